The monoisotopic (exact) mass is 392 g/mol. The molecule has 23 heavy (non-hydrogen) atoms. The summed E-state index contributed by atoms with van der Waals surface area (Å²) in [6.07, 6.45) is -3.15. The molecule has 0 aliphatic carbocycles. The van der Waals surface area contributed by atoms with E-state index < -0.39 is 12.7 Å². The Balaban J connectivity index is 1.80. The third-order valence-corrected chi connectivity index (χ3v) is 4.54. The molecule has 1 heterocycles. The van der Waals surface area contributed by atoms with Gasteiger partial charge in [0.15, 0.2) is 0 Å². The molecule has 2 rings (SSSR count). The molecule has 1 aromatic rings. The van der Waals surface area contributed by atoms with Gasteiger partial charge in [-0.05, 0) is 36.6 Å². The fraction of sp³-hybridized carbons (Fsp3) is 0.562. The topological polar surface area (TPSA) is 23.6 Å². The number of alkyl halides is 3. The summed E-state index contributed by atoms with van der Waals surface area (Å²) >= 11 is 3.42. The molecule has 3 nitrogen and oxygen atoms in total. The van der Waals surface area contributed by atoms with Crippen LogP contribution in [0.15, 0.2) is 22.7 Å². The molecule has 0 atom stereocenters. The first-order chi connectivity index (χ1) is 10.7. The highest BCUT2D eigenvalue weighted by Crippen LogP contribution is 2.19. The fourth-order valence-corrected chi connectivity index (χ4v) is 3.13. The minimum absolute atomic E-state index is 0.0102. The molecule has 0 unspecified atom stereocenters. The van der Waals surface area contributed by atoms with Gasteiger partial charge < -0.3 is 4.90 Å². The summed E-state index contributed by atoms with van der Waals surface area (Å²) in [6, 6.07) is 5.96. The van der Waals surface area contributed by atoms with Gasteiger partial charge >= 0.3 is 6.18 Å². The van der Waals surface area contributed by atoms with E-state index in [0.717, 1.165) is 15.6 Å². The van der Waals surface area contributed by atoms with Crippen LogP contribution in [-0.2, 0) is 11.2 Å². The minimum atomic E-state index is -4.18. The van der Waals surface area contributed by atoms with Crippen LogP contribution in [0.2, 0.25) is 0 Å². The summed E-state index contributed by atoms with van der Waals surface area (Å²) in [5.41, 5.74) is 2.25. The first-order valence-electron chi connectivity index (χ1n) is 7.56. The lowest BCUT2D eigenvalue weighted by Gasteiger charge is -2.35. The molecule has 1 aliphatic heterocycles. The van der Waals surface area contributed by atoms with Gasteiger partial charge in [0.2, 0.25) is 5.91 Å². The number of piperazine rings is 1. The molecule has 7 heteroatoms. The molecule has 0 aromatic heterocycles. The number of benzene rings is 1. The van der Waals surface area contributed by atoms with Crippen LogP contribution in [-0.4, -0.2) is 54.6 Å². The van der Waals surface area contributed by atoms with Gasteiger partial charge in [0.05, 0.1) is 6.54 Å². The summed E-state index contributed by atoms with van der Waals surface area (Å²) < 4.78 is 38.0. The van der Waals surface area contributed by atoms with Gasteiger partial charge in [-0.3, -0.25) is 9.69 Å². The Bertz CT molecular complexity index is 555. The van der Waals surface area contributed by atoms with E-state index in [1.807, 2.05) is 25.1 Å². The van der Waals surface area contributed by atoms with Crippen molar-refractivity contribution in [3.8, 4) is 0 Å². The first-order valence-corrected chi connectivity index (χ1v) is 8.36. The number of rotatable bonds is 4. The molecule has 0 radical (unpaired) electrons. The molecule has 1 aromatic carbocycles. The van der Waals surface area contributed by atoms with E-state index in [-0.39, 0.29) is 19.0 Å². The van der Waals surface area contributed by atoms with E-state index in [2.05, 4.69) is 15.9 Å². The highest BCUT2D eigenvalue weighted by atomic mass is 79.9. The van der Waals surface area contributed by atoms with Gasteiger partial charge in [0.25, 0.3) is 0 Å². The number of aryl methyl sites for hydroxylation is 2. The zero-order valence-corrected chi connectivity index (χ0v) is 14.6. The number of amides is 1. The Labute approximate surface area is 142 Å². The second-order valence-electron chi connectivity index (χ2n) is 5.84. The third-order valence-electron chi connectivity index (χ3n) is 4.05. The van der Waals surface area contributed by atoms with Gasteiger partial charge in [-0.2, -0.15) is 13.2 Å². The van der Waals surface area contributed by atoms with Crippen molar-refractivity contribution in [3.05, 3.63) is 33.8 Å². The van der Waals surface area contributed by atoms with Crippen LogP contribution in [0.5, 0.6) is 0 Å². The zero-order valence-electron chi connectivity index (χ0n) is 13.0. The smallest absolute Gasteiger partial charge is 0.340 e. The average molecular weight is 393 g/mol. The highest BCUT2D eigenvalue weighted by molar-refractivity contribution is 9.10. The average Bonchev–Trinajstić information content (AvgIpc) is 2.47. The molecular formula is C16H20BrF3N2O. The summed E-state index contributed by atoms with van der Waals surface area (Å²) in [5.74, 6) is 0.0102. The molecule has 0 N–H and O–H groups in total. The van der Waals surface area contributed by atoms with Gasteiger partial charge in [-0.1, -0.05) is 22.0 Å². The third kappa shape index (κ3) is 5.80. The maximum atomic E-state index is 12.3. The Morgan fingerprint density at radius 1 is 1.22 bits per heavy atom. The van der Waals surface area contributed by atoms with E-state index in [1.165, 1.54) is 4.90 Å². The SMILES string of the molecule is Cc1ccc(Br)cc1CCC(=O)N1CCN(CC(F)(F)F)CC1. The molecule has 0 spiro atoms. The number of hydrogen-bond acceptors (Lipinski definition) is 2. The van der Waals surface area contributed by atoms with Crippen molar-refractivity contribution in [1.82, 2.24) is 9.80 Å². The van der Waals surface area contributed by atoms with Crippen LogP contribution in [0.4, 0.5) is 13.2 Å². The lowest BCUT2D eigenvalue weighted by atomic mass is 10.0. The Kier molecular flexibility index (Phi) is 6.08. The van der Waals surface area contributed by atoms with Crippen molar-refractivity contribution >= 4 is 21.8 Å². The van der Waals surface area contributed by atoms with Gasteiger partial charge in [-0.15, -0.1) is 0 Å². The fourth-order valence-electron chi connectivity index (χ4n) is 2.72. The number of halogens is 4. The Morgan fingerprint density at radius 2 is 1.87 bits per heavy atom. The first kappa shape index (κ1) is 18.3. The number of carbonyl (C=O) groups is 1. The molecule has 1 fully saturated rings. The molecule has 1 amide bonds. The van der Waals surface area contributed by atoms with Crippen LogP contribution in [0.1, 0.15) is 17.5 Å². The normalized spacial score (nSPS) is 16.7. The van der Waals surface area contributed by atoms with E-state index in [4.69, 9.17) is 0 Å². The number of hydrogen-bond donors (Lipinski definition) is 0. The lowest BCUT2D eigenvalue weighted by molar-refractivity contribution is -0.151. The second-order valence-corrected chi connectivity index (χ2v) is 6.76. The lowest BCUT2D eigenvalue weighted by Crippen LogP contribution is -2.50. The van der Waals surface area contributed by atoms with Gasteiger partial charge in [0.1, 0.15) is 0 Å². The van der Waals surface area contributed by atoms with Crippen LogP contribution in [0.3, 0.4) is 0 Å². The number of carbonyl (C=O) groups excluding carboxylic acids is 1. The van der Waals surface area contributed by atoms with E-state index in [9.17, 15) is 18.0 Å². The molecule has 0 bridgehead atoms. The Hall–Kier alpha value is -1.08. The predicted molar refractivity (Wildman–Crippen MR) is 86.3 cm³/mol. The van der Waals surface area contributed by atoms with E-state index in [0.29, 0.717) is 25.9 Å². The maximum Gasteiger partial charge on any atom is 0.401 e. The Morgan fingerprint density at radius 3 is 2.48 bits per heavy atom. The molecule has 0 saturated carbocycles. The van der Waals surface area contributed by atoms with Crippen LogP contribution >= 0.6 is 15.9 Å². The summed E-state index contributed by atoms with van der Waals surface area (Å²) in [5, 5.41) is 0. The van der Waals surface area contributed by atoms with Crippen LogP contribution < -0.4 is 0 Å². The van der Waals surface area contributed by atoms with Gasteiger partial charge in [-0.25, -0.2) is 0 Å². The second kappa shape index (κ2) is 7.66. The predicted octanol–water partition coefficient (Wildman–Crippen LogP) is 3.40. The van der Waals surface area contributed by atoms with Crippen molar-refractivity contribution in [2.45, 2.75) is 25.9 Å². The van der Waals surface area contributed by atoms with Crippen molar-refractivity contribution < 1.29 is 18.0 Å². The van der Waals surface area contributed by atoms with Crippen LogP contribution in [0, 0.1) is 6.92 Å². The van der Waals surface area contributed by atoms with E-state index >= 15 is 0 Å². The van der Waals surface area contributed by atoms with Crippen molar-refractivity contribution in [1.29, 1.82) is 0 Å². The number of nitrogens with zero attached hydrogens (tertiary/aromatic N) is 2. The summed E-state index contributed by atoms with van der Waals surface area (Å²) in [6.45, 7) is 2.40. The quantitative estimate of drug-likeness (QED) is 0.783. The zero-order chi connectivity index (χ0) is 17.0. The summed E-state index contributed by atoms with van der Waals surface area (Å²) in [7, 11) is 0. The highest BCUT2D eigenvalue weighted by Gasteiger charge is 2.32. The largest absolute Gasteiger partial charge is 0.401 e. The molecular weight excluding hydrogens is 373 g/mol. The molecule has 1 aliphatic rings. The molecule has 128 valence electrons. The van der Waals surface area contributed by atoms with Gasteiger partial charge in [0, 0.05) is 37.1 Å². The van der Waals surface area contributed by atoms with E-state index in [1.54, 1.807) is 4.90 Å². The standard InChI is InChI=1S/C16H20BrF3N2O/c1-12-2-4-14(17)10-13(12)3-5-15(23)22-8-6-21(7-9-22)11-16(18,19)20/h2,4,10H,3,5-9,11H2,1H3. The summed E-state index contributed by atoms with van der Waals surface area (Å²) in [4.78, 5) is 15.2. The van der Waals surface area contributed by atoms with Crippen molar-refractivity contribution in [3.63, 3.8) is 0 Å². The van der Waals surface area contributed by atoms with Crippen molar-refractivity contribution in [2.24, 2.45) is 0 Å². The molecule has 1 saturated heterocycles. The maximum absolute atomic E-state index is 12.3. The minimum Gasteiger partial charge on any atom is -0.340 e. The van der Waals surface area contributed by atoms with Crippen molar-refractivity contribution in [2.75, 3.05) is 32.7 Å². The van der Waals surface area contributed by atoms with Crippen LogP contribution in [0.25, 0.3) is 0 Å².